The van der Waals surface area contributed by atoms with Crippen LogP contribution in [0.3, 0.4) is 0 Å². The summed E-state index contributed by atoms with van der Waals surface area (Å²) in [6, 6.07) is 5.02. The molecule has 6 nitrogen and oxygen atoms in total. The molecule has 1 saturated heterocycles. The molecular formula is C23H28F2N6. The first-order chi connectivity index (χ1) is 14.7. The second-order valence-electron chi connectivity index (χ2n) is 8.54. The summed E-state index contributed by atoms with van der Waals surface area (Å²) in [6.45, 7) is 8.65. The molecule has 0 amide bonds. The van der Waals surface area contributed by atoms with Gasteiger partial charge in [-0.15, -0.1) is 5.10 Å². The summed E-state index contributed by atoms with van der Waals surface area (Å²) in [5.74, 6) is 0.0403. The minimum absolute atomic E-state index is 0.310. The Morgan fingerprint density at radius 2 is 2.03 bits per heavy atom. The first-order valence-corrected chi connectivity index (χ1v) is 10.5. The average molecular weight is 427 g/mol. The van der Waals surface area contributed by atoms with Crippen molar-refractivity contribution in [2.75, 3.05) is 25.5 Å². The minimum Gasteiger partial charge on any atom is -0.347 e. The molecule has 1 N–H and O–H groups in total. The average Bonchev–Trinajstić information content (AvgIpc) is 3.11. The molecule has 4 rings (SSSR count). The Balaban J connectivity index is 1.68. The van der Waals surface area contributed by atoms with E-state index in [0.29, 0.717) is 24.6 Å². The molecule has 1 aromatic carbocycles. The van der Waals surface area contributed by atoms with Crippen LogP contribution in [0, 0.1) is 19.7 Å². The number of likely N-dealkylation sites (tertiary alicyclic amines) is 1. The quantitative estimate of drug-likeness (QED) is 0.614. The van der Waals surface area contributed by atoms with Crippen LogP contribution in [0.15, 0.2) is 29.4 Å². The van der Waals surface area contributed by atoms with E-state index in [2.05, 4.69) is 20.4 Å². The summed E-state index contributed by atoms with van der Waals surface area (Å²) < 4.78 is 30.9. The van der Waals surface area contributed by atoms with Crippen LogP contribution in [0.25, 0.3) is 16.6 Å². The predicted molar refractivity (Wildman–Crippen MR) is 121 cm³/mol. The fourth-order valence-electron chi connectivity index (χ4n) is 4.14. The first-order valence-electron chi connectivity index (χ1n) is 10.5. The smallest absolute Gasteiger partial charge is 0.241 e. The van der Waals surface area contributed by atoms with Crippen LogP contribution in [-0.4, -0.2) is 57.6 Å². The molecule has 0 spiro atoms. The number of rotatable bonds is 4. The molecule has 0 aliphatic carbocycles. The van der Waals surface area contributed by atoms with Gasteiger partial charge in [0.05, 0.1) is 17.3 Å². The number of fused-ring (bicyclic) bond motifs is 1. The fraction of sp³-hybridized carbons (Fsp3) is 0.435. The van der Waals surface area contributed by atoms with Crippen molar-refractivity contribution in [2.24, 2.45) is 4.99 Å². The summed E-state index contributed by atoms with van der Waals surface area (Å²) in [6.07, 6.45) is 1.54. The van der Waals surface area contributed by atoms with E-state index < -0.39 is 6.17 Å². The Morgan fingerprint density at radius 1 is 1.26 bits per heavy atom. The third kappa shape index (κ3) is 4.30. The van der Waals surface area contributed by atoms with Gasteiger partial charge < -0.3 is 10.2 Å². The number of anilines is 1. The van der Waals surface area contributed by atoms with Crippen molar-refractivity contribution < 1.29 is 8.78 Å². The van der Waals surface area contributed by atoms with Crippen LogP contribution in [0.1, 0.15) is 31.5 Å². The number of piperidine rings is 1. The number of hydrogen-bond donors (Lipinski definition) is 1. The molecule has 1 aliphatic heterocycles. The lowest BCUT2D eigenvalue weighted by atomic mass is 10.0. The fourth-order valence-corrected chi connectivity index (χ4v) is 4.14. The Labute approximate surface area is 181 Å². The van der Waals surface area contributed by atoms with Crippen molar-refractivity contribution in [1.82, 2.24) is 19.5 Å². The number of benzene rings is 1. The Hall–Kier alpha value is -2.87. The highest BCUT2D eigenvalue weighted by atomic mass is 19.1. The van der Waals surface area contributed by atoms with Crippen molar-refractivity contribution >= 4 is 22.9 Å². The van der Waals surface area contributed by atoms with Crippen molar-refractivity contribution in [2.45, 2.75) is 46.3 Å². The lowest BCUT2D eigenvalue weighted by Crippen LogP contribution is -2.46. The summed E-state index contributed by atoms with van der Waals surface area (Å²) in [5.41, 5.74) is 5.06. The Bertz CT molecular complexity index is 1130. The number of aliphatic imine (C=N–C) groups is 1. The summed E-state index contributed by atoms with van der Waals surface area (Å²) in [7, 11) is 1.92. The Kier molecular flexibility index (Phi) is 5.75. The highest BCUT2D eigenvalue weighted by molar-refractivity contribution is 5.85. The molecular weight excluding hydrogens is 398 g/mol. The van der Waals surface area contributed by atoms with E-state index in [1.807, 2.05) is 58.0 Å². The van der Waals surface area contributed by atoms with Gasteiger partial charge in [-0.05, 0) is 70.5 Å². The van der Waals surface area contributed by atoms with Gasteiger partial charge in [0, 0.05) is 30.6 Å². The van der Waals surface area contributed by atoms with Crippen LogP contribution in [-0.2, 0) is 0 Å². The zero-order chi connectivity index (χ0) is 22.3. The predicted octanol–water partition coefficient (Wildman–Crippen LogP) is 4.72. The van der Waals surface area contributed by atoms with E-state index >= 15 is 0 Å². The lowest BCUT2D eigenvalue weighted by Gasteiger charge is -2.32. The second-order valence-corrected chi connectivity index (χ2v) is 8.54. The summed E-state index contributed by atoms with van der Waals surface area (Å²) in [4.78, 5) is 10.9. The van der Waals surface area contributed by atoms with Crippen molar-refractivity contribution in [3.8, 4) is 11.1 Å². The monoisotopic (exact) mass is 426 g/mol. The highest BCUT2D eigenvalue weighted by Crippen LogP contribution is 2.33. The van der Waals surface area contributed by atoms with Crippen molar-refractivity contribution in [3.05, 3.63) is 41.5 Å². The van der Waals surface area contributed by atoms with Gasteiger partial charge in [-0.1, -0.05) is 0 Å². The Morgan fingerprint density at radius 3 is 2.71 bits per heavy atom. The topological polar surface area (TPSA) is 57.8 Å². The van der Waals surface area contributed by atoms with E-state index in [9.17, 15) is 8.78 Å². The molecule has 31 heavy (non-hydrogen) atoms. The van der Waals surface area contributed by atoms with Gasteiger partial charge in [-0.3, -0.25) is 4.99 Å². The number of nitrogens with one attached hydrogen (secondary N) is 1. The molecule has 1 aliphatic rings. The minimum atomic E-state index is -0.975. The highest BCUT2D eigenvalue weighted by Gasteiger charge is 2.28. The molecule has 0 bridgehead atoms. The third-order valence-electron chi connectivity index (χ3n) is 5.64. The lowest BCUT2D eigenvalue weighted by molar-refractivity contribution is 0.149. The van der Waals surface area contributed by atoms with Crippen LogP contribution in [0.4, 0.5) is 20.4 Å². The largest absolute Gasteiger partial charge is 0.347 e. The summed E-state index contributed by atoms with van der Waals surface area (Å²) >= 11 is 0. The number of alkyl halides is 1. The standard InChI is InChI=1S/C23H28F2N6/c1-13(2)26-21-14(3)10-16(11-18(21)24)17-6-9-31-22(17)15(4)27-23(29-31)28-20-7-8-30(5)12-19(20)25/h6,9-11,19-20H,7-8,12H2,1-5H3,(H,28,29). The number of halogens is 2. The maximum atomic E-state index is 14.8. The van der Waals surface area contributed by atoms with Gasteiger partial charge in [0.15, 0.2) is 0 Å². The van der Waals surface area contributed by atoms with E-state index in [0.717, 1.165) is 40.2 Å². The van der Waals surface area contributed by atoms with E-state index in [4.69, 9.17) is 0 Å². The molecule has 3 heterocycles. The molecule has 164 valence electrons. The van der Waals surface area contributed by atoms with E-state index in [-0.39, 0.29) is 11.9 Å². The van der Waals surface area contributed by atoms with Gasteiger partial charge >= 0.3 is 0 Å². The zero-order valence-electron chi connectivity index (χ0n) is 18.6. The molecule has 1 fully saturated rings. The molecule has 0 radical (unpaired) electrons. The van der Waals surface area contributed by atoms with Crippen LogP contribution in [0.5, 0.6) is 0 Å². The number of aryl methyl sites for hydroxylation is 2. The van der Waals surface area contributed by atoms with Gasteiger partial charge in [0.25, 0.3) is 0 Å². The molecule has 2 atom stereocenters. The molecule has 3 aromatic rings. The van der Waals surface area contributed by atoms with E-state index in [1.165, 1.54) is 6.07 Å². The molecule has 2 unspecified atom stereocenters. The second kappa shape index (κ2) is 8.34. The number of hydrogen-bond acceptors (Lipinski definition) is 5. The van der Waals surface area contributed by atoms with Gasteiger partial charge in [-0.25, -0.2) is 18.3 Å². The maximum absolute atomic E-state index is 14.8. The third-order valence-corrected chi connectivity index (χ3v) is 5.64. The van der Waals surface area contributed by atoms with Gasteiger partial charge in [-0.2, -0.15) is 0 Å². The van der Waals surface area contributed by atoms with Crippen LogP contribution >= 0.6 is 0 Å². The number of aromatic nitrogens is 3. The molecule has 0 saturated carbocycles. The first kappa shape index (κ1) is 21.4. The van der Waals surface area contributed by atoms with E-state index in [1.54, 1.807) is 4.52 Å². The van der Waals surface area contributed by atoms with Crippen LogP contribution in [0.2, 0.25) is 0 Å². The SMILES string of the molecule is CC(C)=Nc1c(C)cc(-c2ccn3nc(NC4CCN(C)CC4F)nc(C)c23)cc1F. The zero-order valence-corrected chi connectivity index (χ0v) is 18.6. The summed E-state index contributed by atoms with van der Waals surface area (Å²) in [5, 5.41) is 7.69. The number of nitrogens with zero attached hydrogens (tertiary/aromatic N) is 5. The van der Waals surface area contributed by atoms with Crippen molar-refractivity contribution in [1.29, 1.82) is 0 Å². The van der Waals surface area contributed by atoms with Gasteiger partial charge in [0.2, 0.25) is 5.95 Å². The molecule has 2 aromatic heterocycles. The molecule has 8 heteroatoms. The van der Waals surface area contributed by atoms with Crippen molar-refractivity contribution in [3.63, 3.8) is 0 Å². The van der Waals surface area contributed by atoms with Gasteiger partial charge in [0.1, 0.15) is 17.7 Å². The normalized spacial score (nSPS) is 19.6. The maximum Gasteiger partial charge on any atom is 0.241 e. The van der Waals surface area contributed by atoms with Crippen LogP contribution < -0.4 is 5.32 Å².